The minimum atomic E-state index is -0.548. The average molecular weight is 467 g/mol. The van der Waals surface area contributed by atoms with Gasteiger partial charge >= 0.3 is 0 Å². The largest absolute Gasteiger partial charge is 0.457 e. The highest BCUT2D eigenvalue weighted by Crippen LogP contribution is 2.45. The summed E-state index contributed by atoms with van der Waals surface area (Å²) in [5.74, 6) is 0.368. The van der Waals surface area contributed by atoms with E-state index in [9.17, 15) is 9.18 Å². The van der Waals surface area contributed by atoms with Gasteiger partial charge in [-0.3, -0.25) is 9.69 Å². The third-order valence-corrected chi connectivity index (χ3v) is 6.99. The zero-order valence-electron chi connectivity index (χ0n) is 18.0. The molecule has 0 aliphatic carbocycles. The molecule has 0 radical (unpaired) electrons. The number of ether oxygens (including phenoxy) is 1. The number of aromatic nitrogens is 1. The van der Waals surface area contributed by atoms with Crippen LogP contribution in [0.3, 0.4) is 0 Å². The third kappa shape index (κ3) is 3.62. The second kappa shape index (κ2) is 8.39. The number of hydrogen-bond donors (Lipinski definition) is 0. The van der Waals surface area contributed by atoms with E-state index in [1.54, 1.807) is 11.0 Å². The van der Waals surface area contributed by atoms with Crippen molar-refractivity contribution in [3.05, 3.63) is 120 Å². The Balaban J connectivity index is 1.49. The molecule has 1 aliphatic heterocycles. The number of fused-ring (bicyclic) bond motifs is 3. The first kappa shape index (κ1) is 20.6. The van der Waals surface area contributed by atoms with E-state index in [4.69, 9.17) is 9.72 Å². The van der Waals surface area contributed by atoms with Crippen LogP contribution in [0.4, 0.5) is 9.52 Å². The molecule has 0 N–H and O–H groups in total. The number of halogens is 1. The van der Waals surface area contributed by atoms with Gasteiger partial charge in [0.25, 0.3) is 0 Å². The van der Waals surface area contributed by atoms with Crippen molar-refractivity contribution in [3.63, 3.8) is 0 Å². The first-order valence-corrected chi connectivity index (χ1v) is 11.8. The lowest BCUT2D eigenvalue weighted by molar-refractivity contribution is -0.119. The van der Waals surface area contributed by atoms with Crippen molar-refractivity contribution in [2.24, 2.45) is 0 Å². The quantitative estimate of drug-likeness (QED) is 0.289. The Morgan fingerprint density at radius 2 is 1.53 bits per heavy atom. The molecule has 34 heavy (non-hydrogen) atoms. The summed E-state index contributed by atoms with van der Waals surface area (Å²) in [6, 6.07) is 29.6. The molecule has 1 aromatic heterocycles. The van der Waals surface area contributed by atoms with Crippen LogP contribution in [-0.2, 0) is 11.3 Å². The van der Waals surface area contributed by atoms with Gasteiger partial charge in [0.1, 0.15) is 17.3 Å². The Morgan fingerprint density at radius 3 is 2.24 bits per heavy atom. The number of para-hydroxylation sites is 2. The first-order valence-electron chi connectivity index (χ1n) is 10.9. The fourth-order valence-electron chi connectivity index (χ4n) is 4.34. The van der Waals surface area contributed by atoms with Crippen LogP contribution in [-0.4, -0.2) is 10.9 Å². The Morgan fingerprint density at radius 1 is 0.882 bits per heavy atom. The van der Waals surface area contributed by atoms with E-state index < -0.39 is 5.92 Å². The van der Waals surface area contributed by atoms with Crippen LogP contribution in [0.5, 0.6) is 11.5 Å². The van der Waals surface area contributed by atoms with Gasteiger partial charge in [0.2, 0.25) is 5.91 Å². The van der Waals surface area contributed by atoms with Crippen LogP contribution in [0.1, 0.15) is 22.6 Å². The molecule has 5 aromatic rings. The number of thiazole rings is 1. The minimum absolute atomic E-state index is 0.105. The predicted molar refractivity (Wildman–Crippen MR) is 132 cm³/mol. The molecule has 6 rings (SSSR count). The second-order valence-corrected chi connectivity index (χ2v) is 9.14. The highest BCUT2D eigenvalue weighted by molar-refractivity contribution is 7.22. The number of nitrogens with zero attached hydrogens (tertiary/aromatic N) is 2. The molecule has 1 aliphatic rings. The Hall–Kier alpha value is -4.03. The third-order valence-electron chi connectivity index (χ3n) is 5.95. The van der Waals surface area contributed by atoms with Gasteiger partial charge in [-0.2, -0.15) is 0 Å². The zero-order chi connectivity index (χ0) is 23.1. The molecular formula is C28H19FN2O2S. The lowest BCUT2D eigenvalue weighted by atomic mass is 9.87. The van der Waals surface area contributed by atoms with Crippen LogP contribution in [0.2, 0.25) is 0 Å². The van der Waals surface area contributed by atoms with Gasteiger partial charge in [0.15, 0.2) is 5.13 Å². The maximum absolute atomic E-state index is 14.3. The van der Waals surface area contributed by atoms with Crippen LogP contribution >= 0.6 is 11.3 Å². The first-order chi connectivity index (χ1) is 16.7. The number of carbonyl (C=O) groups is 1. The van der Waals surface area contributed by atoms with Crippen molar-refractivity contribution in [2.45, 2.75) is 12.5 Å². The summed E-state index contributed by atoms with van der Waals surface area (Å²) >= 11 is 1.32. The van der Waals surface area contributed by atoms with E-state index in [2.05, 4.69) is 0 Å². The SMILES string of the molecule is O=C(C1c2ccccc2Oc2ccccc21)N(Cc1ccccc1)c1nc2ccc(F)cc2s1. The second-order valence-electron chi connectivity index (χ2n) is 8.13. The molecule has 0 saturated carbocycles. The number of amides is 1. The zero-order valence-corrected chi connectivity index (χ0v) is 18.8. The highest BCUT2D eigenvalue weighted by Gasteiger charge is 2.36. The Labute approximate surface area is 199 Å². The van der Waals surface area contributed by atoms with Gasteiger partial charge in [-0.05, 0) is 35.9 Å². The van der Waals surface area contributed by atoms with Gasteiger partial charge in [-0.1, -0.05) is 78.1 Å². The molecule has 0 saturated heterocycles. The van der Waals surface area contributed by atoms with Crippen molar-refractivity contribution in [3.8, 4) is 11.5 Å². The molecule has 4 nitrogen and oxygen atoms in total. The van der Waals surface area contributed by atoms with Gasteiger partial charge in [-0.25, -0.2) is 9.37 Å². The molecule has 0 unspecified atom stereocenters. The molecule has 4 aromatic carbocycles. The van der Waals surface area contributed by atoms with Gasteiger partial charge in [0, 0.05) is 11.1 Å². The molecule has 6 heteroatoms. The summed E-state index contributed by atoms with van der Waals surface area (Å²) in [6.45, 7) is 0.351. The van der Waals surface area contributed by atoms with E-state index in [1.165, 1.54) is 23.5 Å². The van der Waals surface area contributed by atoms with Crippen molar-refractivity contribution in [1.29, 1.82) is 0 Å². The molecule has 166 valence electrons. The maximum Gasteiger partial charge on any atom is 0.241 e. The van der Waals surface area contributed by atoms with Crippen LogP contribution in [0.15, 0.2) is 97.1 Å². The Bertz CT molecular complexity index is 1470. The Kier molecular flexibility index (Phi) is 5.08. The summed E-state index contributed by atoms with van der Waals surface area (Å²) in [4.78, 5) is 20.7. The number of carbonyl (C=O) groups excluding carboxylic acids is 1. The van der Waals surface area contributed by atoms with Gasteiger partial charge in [0.05, 0.1) is 22.7 Å². The normalized spacial score (nSPS) is 12.6. The molecule has 0 spiro atoms. The lowest BCUT2D eigenvalue weighted by Gasteiger charge is -2.31. The summed E-state index contributed by atoms with van der Waals surface area (Å²) in [5, 5.41) is 0.538. The van der Waals surface area contributed by atoms with Gasteiger partial charge in [-0.15, -0.1) is 0 Å². The van der Waals surface area contributed by atoms with Gasteiger partial charge < -0.3 is 4.74 Å². The van der Waals surface area contributed by atoms with E-state index in [-0.39, 0.29) is 11.7 Å². The fraction of sp³-hybridized carbons (Fsp3) is 0.0714. The van der Waals surface area contributed by atoms with E-state index in [0.717, 1.165) is 16.7 Å². The number of benzene rings is 4. The number of rotatable bonds is 4. The van der Waals surface area contributed by atoms with Crippen molar-refractivity contribution in [2.75, 3.05) is 4.90 Å². The maximum atomic E-state index is 14.3. The summed E-state index contributed by atoms with van der Waals surface area (Å²) in [6.07, 6.45) is 0. The lowest BCUT2D eigenvalue weighted by Crippen LogP contribution is -2.36. The smallest absolute Gasteiger partial charge is 0.241 e. The van der Waals surface area contributed by atoms with Crippen molar-refractivity contribution < 1.29 is 13.9 Å². The topological polar surface area (TPSA) is 42.4 Å². The summed E-state index contributed by atoms with van der Waals surface area (Å²) in [7, 11) is 0. The van der Waals surface area contributed by atoms with E-state index >= 15 is 0 Å². The van der Waals surface area contributed by atoms with Crippen LogP contribution in [0, 0.1) is 5.82 Å². The highest BCUT2D eigenvalue weighted by atomic mass is 32.1. The number of hydrogen-bond acceptors (Lipinski definition) is 4. The number of anilines is 1. The summed E-state index contributed by atoms with van der Waals surface area (Å²) in [5.41, 5.74) is 3.28. The monoisotopic (exact) mass is 466 g/mol. The van der Waals surface area contributed by atoms with E-state index in [0.29, 0.717) is 33.4 Å². The van der Waals surface area contributed by atoms with Crippen LogP contribution < -0.4 is 9.64 Å². The fourth-order valence-corrected chi connectivity index (χ4v) is 5.33. The minimum Gasteiger partial charge on any atom is -0.457 e. The van der Waals surface area contributed by atoms with Crippen molar-refractivity contribution in [1.82, 2.24) is 4.98 Å². The molecule has 0 fully saturated rings. The average Bonchev–Trinajstić information content (AvgIpc) is 3.29. The van der Waals surface area contributed by atoms with E-state index in [1.807, 2.05) is 78.9 Å². The van der Waals surface area contributed by atoms with Crippen LogP contribution in [0.25, 0.3) is 10.2 Å². The summed E-state index contributed by atoms with van der Waals surface area (Å²) < 4.78 is 20.7. The van der Waals surface area contributed by atoms with Crippen molar-refractivity contribution >= 4 is 32.6 Å². The predicted octanol–water partition coefficient (Wildman–Crippen LogP) is 6.91. The molecule has 0 bridgehead atoms. The molecule has 2 heterocycles. The molecule has 0 atom stereocenters. The standard InChI is InChI=1S/C28H19FN2O2S/c29-19-14-15-22-25(16-19)34-28(30-22)31(17-18-8-2-1-3-9-18)27(32)26-20-10-4-6-12-23(20)33-24-13-7-5-11-21(24)26/h1-16,26H,17H2. The molecule has 1 amide bonds. The molecular weight excluding hydrogens is 447 g/mol.